The maximum atomic E-state index is 6.13. The first kappa shape index (κ1) is 14.6. The minimum Gasteiger partial charge on any atom is -0.272 e. The second kappa shape index (κ2) is 6.58. The molecular weight excluding hydrogens is 324 g/mol. The summed E-state index contributed by atoms with van der Waals surface area (Å²) in [6, 6.07) is 10.5. The van der Waals surface area contributed by atoms with E-state index < -0.39 is 0 Å². The largest absolute Gasteiger partial charge is 0.272 e. The van der Waals surface area contributed by atoms with Crippen LogP contribution in [-0.4, -0.2) is 15.7 Å². The lowest BCUT2D eigenvalue weighted by Crippen LogP contribution is -2.13. The zero-order chi connectivity index (χ0) is 13.8. The Balaban J connectivity index is 2.09. The van der Waals surface area contributed by atoms with E-state index in [4.69, 9.17) is 11.6 Å². The van der Waals surface area contributed by atoms with Gasteiger partial charge in [0.2, 0.25) is 0 Å². The van der Waals surface area contributed by atoms with Gasteiger partial charge in [-0.05, 0) is 43.4 Å². The molecule has 1 aromatic carbocycles. The third-order valence-corrected chi connectivity index (χ3v) is 4.49. The molecule has 1 heterocycles. The highest BCUT2D eigenvalue weighted by molar-refractivity contribution is 9.10. The van der Waals surface area contributed by atoms with E-state index in [1.54, 1.807) is 0 Å². The molecule has 0 N–H and O–H groups in total. The van der Waals surface area contributed by atoms with Crippen molar-refractivity contribution in [2.75, 3.05) is 5.88 Å². The fraction of sp³-hybridized carbons (Fsp3) is 0.400. The van der Waals surface area contributed by atoms with E-state index in [-0.39, 0.29) is 0 Å². The van der Waals surface area contributed by atoms with Crippen LogP contribution in [0, 0.1) is 12.8 Å². The van der Waals surface area contributed by atoms with Gasteiger partial charge < -0.3 is 0 Å². The number of halogens is 2. The highest BCUT2D eigenvalue weighted by Crippen LogP contribution is 2.22. The number of aryl methyl sites for hydroxylation is 2. The van der Waals surface area contributed by atoms with Crippen molar-refractivity contribution in [3.05, 3.63) is 51.8 Å². The first-order chi connectivity index (χ1) is 9.10. The molecule has 0 radical (unpaired) electrons. The Hall–Kier alpha value is -0.800. The number of hydrogen-bond acceptors (Lipinski definition) is 1. The summed E-state index contributed by atoms with van der Waals surface area (Å²) in [6.45, 7) is 2.02. The number of rotatable bonds is 5. The van der Waals surface area contributed by atoms with Crippen molar-refractivity contribution in [2.24, 2.45) is 13.0 Å². The number of hydrogen-bond donors (Lipinski definition) is 0. The zero-order valence-corrected chi connectivity index (χ0v) is 13.6. The Morgan fingerprint density at radius 2 is 2.05 bits per heavy atom. The summed E-state index contributed by atoms with van der Waals surface area (Å²) in [5.74, 6) is 1.08. The molecule has 0 aliphatic heterocycles. The van der Waals surface area contributed by atoms with Gasteiger partial charge in [0.25, 0.3) is 0 Å². The van der Waals surface area contributed by atoms with Crippen LogP contribution < -0.4 is 0 Å². The summed E-state index contributed by atoms with van der Waals surface area (Å²) >= 11 is 9.73. The van der Waals surface area contributed by atoms with Gasteiger partial charge in [-0.1, -0.05) is 34.1 Å². The molecule has 19 heavy (non-hydrogen) atoms. The van der Waals surface area contributed by atoms with Gasteiger partial charge in [0.1, 0.15) is 0 Å². The lowest BCUT2D eigenvalue weighted by Gasteiger charge is -2.15. The van der Waals surface area contributed by atoms with Gasteiger partial charge >= 0.3 is 0 Å². The van der Waals surface area contributed by atoms with Crippen molar-refractivity contribution >= 4 is 27.5 Å². The van der Waals surface area contributed by atoms with Crippen LogP contribution in [0.3, 0.4) is 0 Å². The van der Waals surface area contributed by atoms with Crippen LogP contribution >= 0.6 is 27.5 Å². The van der Waals surface area contributed by atoms with E-state index in [0.717, 1.165) is 23.0 Å². The quantitative estimate of drug-likeness (QED) is 0.748. The summed E-state index contributed by atoms with van der Waals surface area (Å²) in [5, 5.41) is 4.39. The summed E-state index contributed by atoms with van der Waals surface area (Å²) in [4.78, 5) is 0. The lowest BCUT2D eigenvalue weighted by atomic mass is 9.96. The molecule has 0 bridgehead atoms. The van der Waals surface area contributed by atoms with Crippen molar-refractivity contribution in [2.45, 2.75) is 19.8 Å². The monoisotopic (exact) mass is 340 g/mol. The predicted molar refractivity (Wildman–Crippen MR) is 83.7 cm³/mol. The summed E-state index contributed by atoms with van der Waals surface area (Å²) in [7, 11) is 1.99. The number of nitrogens with zero attached hydrogens (tertiary/aromatic N) is 2. The Bertz CT molecular complexity index is 551. The molecule has 0 aliphatic rings. The highest BCUT2D eigenvalue weighted by Gasteiger charge is 2.14. The molecule has 0 aliphatic carbocycles. The Labute approximate surface area is 127 Å². The van der Waals surface area contributed by atoms with Gasteiger partial charge in [-0.25, -0.2) is 0 Å². The number of aromatic nitrogens is 2. The van der Waals surface area contributed by atoms with Crippen molar-refractivity contribution in [1.82, 2.24) is 9.78 Å². The third kappa shape index (κ3) is 3.83. The SMILES string of the molecule is Cc1cc(CC(CCl)Cc2ccccc2Br)n(C)n1. The van der Waals surface area contributed by atoms with Gasteiger partial charge in [0.15, 0.2) is 0 Å². The van der Waals surface area contributed by atoms with Crippen LogP contribution in [0.1, 0.15) is 17.0 Å². The van der Waals surface area contributed by atoms with Gasteiger partial charge in [0, 0.05) is 23.1 Å². The molecule has 1 atom stereocenters. The minimum atomic E-state index is 0.426. The lowest BCUT2D eigenvalue weighted by molar-refractivity contribution is 0.550. The molecule has 102 valence electrons. The maximum absolute atomic E-state index is 6.13. The second-order valence-electron chi connectivity index (χ2n) is 4.92. The van der Waals surface area contributed by atoms with Crippen LogP contribution in [0.25, 0.3) is 0 Å². The first-order valence-corrected chi connectivity index (χ1v) is 7.71. The summed E-state index contributed by atoms with van der Waals surface area (Å²) < 4.78 is 3.11. The second-order valence-corrected chi connectivity index (χ2v) is 6.08. The Morgan fingerprint density at radius 3 is 2.63 bits per heavy atom. The molecule has 2 nitrogen and oxygen atoms in total. The van der Waals surface area contributed by atoms with Crippen LogP contribution in [0.5, 0.6) is 0 Å². The molecule has 2 aromatic rings. The smallest absolute Gasteiger partial charge is 0.0596 e. The minimum absolute atomic E-state index is 0.426. The Morgan fingerprint density at radius 1 is 1.32 bits per heavy atom. The molecule has 0 amide bonds. The molecule has 0 fully saturated rings. The molecule has 1 unspecified atom stereocenters. The van der Waals surface area contributed by atoms with Crippen LogP contribution in [-0.2, 0) is 19.9 Å². The van der Waals surface area contributed by atoms with Crippen LogP contribution in [0.4, 0.5) is 0 Å². The predicted octanol–water partition coefficient (Wildman–Crippen LogP) is 4.13. The van der Waals surface area contributed by atoms with Gasteiger partial charge in [0.05, 0.1) is 5.69 Å². The molecule has 0 saturated heterocycles. The van der Waals surface area contributed by atoms with E-state index in [9.17, 15) is 0 Å². The highest BCUT2D eigenvalue weighted by atomic mass is 79.9. The van der Waals surface area contributed by atoms with Crippen molar-refractivity contribution < 1.29 is 0 Å². The number of alkyl halides is 1. The molecular formula is C15H18BrClN2. The average Bonchev–Trinajstić information content (AvgIpc) is 2.69. The normalized spacial score (nSPS) is 12.6. The molecule has 0 spiro atoms. The summed E-state index contributed by atoms with van der Waals surface area (Å²) in [5.41, 5.74) is 3.62. The van der Waals surface area contributed by atoms with Crippen molar-refractivity contribution in [3.63, 3.8) is 0 Å². The third-order valence-electron chi connectivity index (χ3n) is 3.28. The van der Waals surface area contributed by atoms with E-state index in [1.807, 2.05) is 24.7 Å². The van der Waals surface area contributed by atoms with E-state index >= 15 is 0 Å². The van der Waals surface area contributed by atoms with E-state index in [1.165, 1.54) is 11.3 Å². The zero-order valence-electron chi connectivity index (χ0n) is 11.2. The molecule has 2 rings (SSSR count). The van der Waals surface area contributed by atoms with Crippen LogP contribution in [0.15, 0.2) is 34.8 Å². The number of benzene rings is 1. The first-order valence-electron chi connectivity index (χ1n) is 6.39. The molecule has 4 heteroatoms. The molecule has 0 saturated carbocycles. The topological polar surface area (TPSA) is 17.8 Å². The van der Waals surface area contributed by atoms with E-state index in [0.29, 0.717) is 11.8 Å². The molecule has 1 aromatic heterocycles. The fourth-order valence-electron chi connectivity index (χ4n) is 2.31. The van der Waals surface area contributed by atoms with Gasteiger partial charge in [-0.15, -0.1) is 11.6 Å². The average molecular weight is 342 g/mol. The summed E-state index contributed by atoms with van der Waals surface area (Å²) in [6.07, 6.45) is 1.94. The van der Waals surface area contributed by atoms with E-state index in [2.05, 4.69) is 45.3 Å². The maximum Gasteiger partial charge on any atom is 0.0596 e. The van der Waals surface area contributed by atoms with Gasteiger partial charge in [-0.3, -0.25) is 4.68 Å². The standard InChI is InChI=1S/C15H18BrClN2/c1-11-7-14(19(2)18-11)9-12(10-17)8-13-5-3-4-6-15(13)16/h3-7,12H,8-10H2,1-2H3. The fourth-order valence-corrected chi connectivity index (χ4v) is 2.97. The van der Waals surface area contributed by atoms with Crippen LogP contribution in [0.2, 0.25) is 0 Å². The van der Waals surface area contributed by atoms with Gasteiger partial charge in [-0.2, -0.15) is 5.10 Å². The van der Waals surface area contributed by atoms with Crippen molar-refractivity contribution in [3.8, 4) is 0 Å². The Kier molecular flexibility index (Phi) is 5.06. The van der Waals surface area contributed by atoms with Crippen molar-refractivity contribution in [1.29, 1.82) is 0 Å².